The minimum Gasteiger partial charge on any atom is -0.457 e. The molecule has 3 aromatic rings. The van der Waals surface area contributed by atoms with Gasteiger partial charge in [-0.3, -0.25) is 4.79 Å². The number of amides is 1. The van der Waals surface area contributed by atoms with Crippen molar-refractivity contribution in [2.75, 3.05) is 4.90 Å². The summed E-state index contributed by atoms with van der Waals surface area (Å²) in [4.78, 5) is 14.2. The molecule has 2 heterocycles. The number of unbranched alkanes of at least 4 members (excludes halogenated alkanes) is 1. The Morgan fingerprint density at radius 2 is 1.89 bits per heavy atom. The number of thiol groups is 1. The Kier molecular flexibility index (Phi) is 7.38. The highest BCUT2D eigenvalue weighted by molar-refractivity contribution is 7.84. The zero-order valence-electron chi connectivity index (χ0n) is 19.1. The van der Waals surface area contributed by atoms with E-state index in [1.54, 1.807) is 4.90 Å². The third-order valence-electron chi connectivity index (χ3n) is 5.81. The molecule has 0 saturated heterocycles. The van der Waals surface area contributed by atoms with Crippen LogP contribution in [0.2, 0.25) is 5.02 Å². The first-order valence-corrected chi connectivity index (χ1v) is 12.0. The number of rotatable bonds is 6. The molecule has 10 heteroatoms. The van der Waals surface area contributed by atoms with Gasteiger partial charge in [0.05, 0.1) is 15.6 Å². The van der Waals surface area contributed by atoms with Gasteiger partial charge in [0.2, 0.25) is 0 Å². The highest BCUT2D eigenvalue weighted by atomic mass is 35.5. The number of benzene rings is 2. The van der Waals surface area contributed by atoms with Crippen LogP contribution in [0, 0.1) is 11.3 Å². The van der Waals surface area contributed by atoms with Gasteiger partial charge in [-0.1, -0.05) is 37.1 Å². The van der Waals surface area contributed by atoms with Crippen molar-refractivity contribution in [2.24, 2.45) is 0 Å². The largest absolute Gasteiger partial charge is 0.457 e. The number of carbonyl (C=O) groups is 1. The van der Waals surface area contributed by atoms with Gasteiger partial charge in [-0.15, -0.1) is 12.6 Å². The average molecular weight is 532 g/mol. The second-order valence-corrected chi connectivity index (χ2v) is 9.05. The second-order valence-electron chi connectivity index (χ2n) is 8.22. The van der Waals surface area contributed by atoms with Crippen LogP contribution in [0.4, 0.5) is 18.9 Å². The Labute approximate surface area is 216 Å². The molecule has 5 nitrogen and oxygen atoms in total. The number of halogens is 4. The quantitative estimate of drug-likeness (QED) is 0.328. The molecule has 1 atom stereocenters. The molecule has 1 N–H and O–H groups in total. The summed E-state index contributed by atoms with van der Waals surface area (Å²) in [6.45, 7) is 2.11. The van der Waals surface area contributed by atoms with Crippen molar-refractivity contribution in [2.45, 2.75) is 38.5 Å². The van der Waals surface area contributed by atoms with Crippen molar-refractivity contribution in [3.05, 3.63) is 87.1 Å². The van der Waals surface area contributed by atoms with Crippen LogP contribution >= 0.6 is 24.2 Å². The fourth-order valence-corrected chi connectivity index (χ4v) is 4.51. The topological polar surface area (TPSA) is 69.3 Å². The average Bonchev–Trinajstić information content (AvgIpc) is 3.32. The maximum absolute atomic E-state index is 13.2. The van der Waals surface area contributed by atoms with Gasteiger partial charge in [-0.05, 0) is 60.9 Å². The molecule has 0 saturated carbocycles. The summed E-state index contributed by atoms with van der Waals surface area (Å²) in [6, 6.07) is 15.5. The van der Waals surface area contributed by atoms with E-state index in [-0.39, 0.29) is 32.7 Å². The Bertz CT molecular complexity index is 1360. The van der Waals surface area contributed by atoms with Crippen LogP contribution in [0.25, 0.3) is 11.3 Å². The van der Waals surface area contributed by atoms with E-state index >= 15 is 0 Å². The number of nitrogens with one attached hydrogen (secondary N) is 1. The molecule has 186 valence electrons. The standard InChI is InChI=1S/C26H21ClF3N3O2S/c1-2-3-4-15-5-8-17(9-6-15)33-23(32-24(34)19(14-31)25(33)36)22-12-11-21(35-22)18-13-16(26(28,29)30)7-10-20(18)27/h5-13,23,36H,2-4H2,1H3,(H,32,34). The van der Waals surface area contributed by atoms with Crippen LogP contribution in [0.15, 0.2) is 69.6 Å². The van der Waals surface area contributed by atoms with E-state index in [9.17, 15) is 23.2 Å². The Balaban J connectivity index is 1.74. The minimum absolute atomic E-state index is 0.0612. The van der Waals surface area contributed by atoms with Crippen LogP contribution in [-0.4, -0.2) is 5.91 Å². The molecule has 0 aliphatic carbocycles. The van der Waals surface area contributed by atoms with E-state index in [1.807, 2.05) is 30.3 Å². The highest BCUT2D eigenvalue weighted by Gasteiger charge is 2.36. The van der Waals surface area contributed by atoms with Crippen LogP contribution < -0.4 is 10.2 Å². The molecule has 1 aromatic heterocycles. The summed E-state index contributed by atoms with van der Waals surface area (Å²) in [5.74, 6) is -0.315. The van der Waals surface area contributed by atoms with E-state index in [4.69, 9.17) is 16.0 Å². The van der Waals surface area contributed by atoms with Crippen molar-refractivity contribution >= 4 is 35.8 Å². The monoisotopic (exact) mass is 531 g/mol. The lowest BCUT2D eigenvalue weighted by Crippen LogP contribution is -2.45. The maximum Gasteiger partial charge on any atom is 0.416 e. The molecule has 4 rings (SSSR count). The number of hydrogen-bond donors (Lipinski definition) is 2. The lowest BCUT2D eigenvalue weighted by Gasteiger charge is -2.36. The predicted molar refractivity (Wildman–Crippen MR) is 134 cm³/mol. The lowest BCUT2D eigenvalue weighted by atomic mass is 10.1. The van der Waals surface area contributed by atoms with Gasteiger partial charge in [-0.25, -0.2) is 0 Å². The van der Waals surface area contributed by atoms with Crippen molar-refractivity contribution in [3.63, 3.8) is 0 Å². The molecule has 0 fully saturated rings. The molecule has 36 heavy (non-hydrogen) atoms. The fourth-order valence-electron chi connectivity index (χ4n) is 3.91. The smallest absolute Gasteiger partial charge is 0.416 e. The lowest BCUT2D eigenvalue weighted by molar-refractivity contribution is -0.137. The third-order valence-corrected chi connectivity index (χ3v) is 6.57. The second kappa shape index (κ2) is 10.3. The van der Waals surface area contributed by atoms with E-state index < -0.39 is 23.8 Å². The van der Waals surface area contributed by atoms with Gasteiger partial charge in [0.25, 0.3) is 5.91 Å². The Hall–Kier alpha value is -3.35. The van der Waals surface area contributed by atoms with Gasteiger partial charge >= 0.3 is 6.18 Å². The predicted octanol–water partition coefficient (Wildman–Crippen LogP) is 7.26. The SMILES string of the molecule is CCCCc1ccc(N2C(S)=C(C#N)C(=O)NC2c2ccc(-c3cc(C(F)(F)F)ccc3Cl)o2)cc1. The molecule has 1 unspecified atom stereocenters. The number of alkyl halides is 3. The van der Waals surface area contributed by atoms with E-state index in [0.717, 1.165) is 43.0 Å². The molecule has 0 bridgehead atoms. The molecular weight excluding hydrogens is 511 g/mol. The van der Waals surface area contributed by atoms with Crippen LogP contribution in [0.1, 0.15) is 42.8 Å². The number of nitriles is 1. The van der Waals surface area contributed by atoms with Gasteiger partial charge in [0.1, 0.15) is 23.2 Å². The third kappa shape index (κ3) is 5.11. The molecule has 0 spiro atoms. The van der Waals surface area contributed by atoms with Crippen molar-refractivity contribution in [3.8, 4) is 17.4 Å². The number of nitrogens with zero attached hydrogens (tertiary/aromatic N) is 2. The first-order chi connectivity index (χ1) is 17.1. The maximum atomic E-state index is 13.2. The summed E-state index contributed by atoms with van der Waals surface area (Å²) in [6.07, 6.45) is -2.42. The molecule has 1 aliphatic rings. The molecular formula is C26H21ClF3N3O2S. The first-order valence-electron chi connectivity index (χ1n) is 11.1. The van der Waals surface area contributed by atoms with Crippen molar-refractivity contribution < 1.29 is 22.4 Å². The van der Waals surface area contributed by atoms with Gasteiger partial charge in [-0.2, -0.15) is 18.4 Å². The van der Waals surface area contributed by atoms with Crippen molar-refractivity contribution in [1.82, 2.24) is 5.32 Å². The first kappa shape index (κ1) is 25.7. The normalized spacial score (nSPS) is 16.2. The summed E-state index contributed by atoms with van der Waals surface area (Å²) in [5, 5.41) is 12.4. The zero-order valence-corrected chi connectivity index (χ0v) is 20.7. The van der Waals surface area contributed by atoms with Crippen LogP contribution in [-0.2, 0) is 17.4 Å². The van der Waals surface area contributed by atoms with Gasteiger partial charge in [0, 0.05) is 11.3 Å². The van der Waals surface area contributed by atoms with E-state index in [2.05, 4.69) is 24.9 Å². The van der Waals surface area contributed by atoms with Gasteiger partial charge in [0.15, 0.2) is 6.17 Å². The van der Waals surface area contributed by atoms with Crippen molar-refractivity contribution in [1.29, 1.82) is 5.26 Å². The summed E-state index contributed by atoms with van der Waals surface area (Å²) in [5.41, 5.74) is 0.814. The molecule has 2 aromatic carbocycles. The Morgan fingerprint density at radius 3 is 2.53 bits per heavy atom. The van der Waals surface area contributed by atoms with Crippen LogP contribution in [0.5, 0.6) is 0 Å². The number of furan rings is 1. The molecule has 0 radical (unpaired) electrons. The van der Waals surface area contributed by atoms with Gasteiger partial charge < -0.3 is 14.6 Å². The molecule has 1 aliphatic heterocycles. The zero-order chi connectivity index (χ0) is 26.0. The number of anilines is 1. The number of hydrogen-bond acceptors (Lipinski definition) is 5. The van der Waals surface area contributed by atoms with E-state index in [0.29, 0.717) is 5.69 Å². The minimum atomic E-state index is -4.55. The van der Waals surface area contributed by atoms with E-state index in [1.165, 1.54) is 12.1 Å². The number of carbonyl (C=O) groups excluding carboxylic acids is 1. The summed E-state index contributed by atoms with van der Waals surface area (Å²) < 4.78 is 45.6. The fraction of sp³-hybridized carbons (Fsp3) is 0.231. The summed E-state index contributed by atoms with van der Waals surface area (Å²) in [7, 11) is 0. The molecule has 1 amide bonds. The summed E-state index contributed by atoms with van der Waals surface area (Å²) >= 11 is 10.6. The van der Waals surface area contributed by atoms with Crippen LogP contribution in [0.3, 0.4) is 0 Å². The number of aryl methyl sites for hydroxylation is 1. The highest BCUT2D eigenvalue weighted by Crippen LogP contribution is 2.40. The Morgan fingerprint density at radius 1 is 1.17 bits per heavy atom.